The van der Waals surface area contributed by atoms with Crippen LogP contribution in [0.25, 0.3) is 0 Å². The minimum Gasteiger partial charge on any atom is -0.326 e. The van der Waals surface area contributed by atoms with Crippen LogP contribution < -0.4 is 10.6 Å². The molecule has 0 aromatic heterocycles. The van der Waals surface area contributed by atoms with Gasteiger partial charge in [-0.05, 0) is 78.3 Å². The number of nitrogens with zero attached hydrogens (tertiary/aromatic N) is 1. The van der Waals surface area contributed by atoms with Crippen LogP contribution in [0.3, 0.4) is 0 Å². The summed E-state index contributed by atoms with van der Waals surface area (Å²) < 4.78 is 1.14. The number of anilines is 2. The third kappa shape index (κ3) is 4.75. The number of carbonyl (C=O) groups excluding carboxylic acids is 2. The van der Waals surface area contributed by atoms with Crippen molar-refractivity contribution in [2.45, 2.75) is 19.8 Å². The zero-order valence-electron chi connectivity index (χ0n) is 14.7. The van der Waals surface area contributed by atoms with Crippen LogP contribution in [0.4, 0.5) is 16.2 Å². The van der Waals surface area contributed by atoms with E-state index in [1.54, 1.807) is 4.90 Å². The molecule has 0 saturated carbocycles. The number of hydrogen-bond acceptors (Lipinski definition) is 2. The number of benzene rings is 2. The van der Waals surface area contributed by atoms with E-state index < -0.39 is 0 Å². The van der Waals surface area contributed by atoms with Crippen molar-refractivity contribution in [1.29, 1.82) is 0 Å². The van der Waals surface area contributed by atoms with Crippen molar-refractivity contribution in [2.24, 2.45) is 5.92 Å². The standard InChI is InChI=1S/C20H22IN3O2/c1-14-12-16(21)9-10-18(14)23-19(25)15-6-5-11-24(13-15)20(26)22-17-7-3-2-4-8-17/h2-4,7-10,12,15H,5-6,11,13H2,1H3,(H,22,26)(H,23,25). The Bertz CT molecular complexity index is 795. The van der Waals surface area contributed by atoms with Gasteiger partial charge in [-0.15, -0.1) is 0 Å². The van der Waals surface area contributed by atoms with Crippen LogP contribution in [0.1, 0.15) is 18.4 Å². The number of para-hydroxylation sites is 1. The van der Waals surface area contributed by atoms with E-state index in [0.717, 1.165) is 33.4 Å². The molecule has 3 amide bonds. The van der Waals surface area contributed by atoms with E-state index in [0.29, 0.717) is 13.1 Å². The highest BCUT2D eigenvalue weighted by atomic mass is 127. The lowest BCUT2D eigenvalue weighted by molar-refractivity contribution is -0.121. The van der Waals surface area contributed by atoms with E-state index in [9.17, 15) is 9.59 Å². The Kier molecular flexibility index (Phi) is 6.13. The Balaban J connectivity index is 1.60. The molecular formula is C20H22IN3O2. The van der Waals surface area contributed by atoms with E-state index in [1.807, 2.05) is 55.5 Å². The predicted molar refractivity (Wildman–Crippen MR) is 112 cm³/mol. The molecule has 1 heterocycles. The maximum Gasteiger partial charge on any atom is 0.321 e. The molecule has 136 valence electrons. The van der Waals surface area contributed by atoms with Crippen LogP contribution in [0.15, 0.2) is 48.5 Å². The quantitative estimate of drug-likeness (QED) is 0.660. The van der Waals surface area contributed by atoms with Crippen molar-refractivity contribution in [2.75, 3.05) is 23.7 Å². The molecule has 3 rings (SSSR count). The molecule has 6 heteroatoms. The van der Waals surface area contributed by atoms with E-state index in [2.05, 4.69) is 33.2 Å². The largest absolute Gasteiger partial charge is 0.326 e. The monoisotopic (exact) mass is 463 g/mol. The van der Waals surface area contributed by atoms with Gasteiger partial charge in [0, 0.05) is 28.0 Å². The molecule has 0 radical (unpaired) electrons. The summed E-state index contributed by atoms with van der Waals surface area (Å²) in [7, 11) is 0. The highest BCUT2D eigenvalue weighted by Crippen LogP contribution is 2.22. The molecular weight excluding hydrogens is 441 g/mol. The van der Waals surface area contributed by atoms with Crippen molar-refractivity contribution < 1.29 is 9.59 Å². The maximum atomic E-state index is 12.7. The molecule has 1 aliphatic heterocycles. The molecule has 2 N–H and O–H groups in total. The van der Waals surface area contributed by atoms with Gasteiger partial charge in [0.25, 0.3) is 0 Å². The summed E-state index contributed by atoms with van der Waals surface area (Å²) in [6, 6.07) is 15.2. The predicted octanol–water partition coefficient (Wildman–Crippen LogP) is 4.48. The zero-order chi connectivity index (χ0) is 18.5. The summed E-state index contributed by atoms with van der Waals surface area (Å²) in [5, 5.41) is 5.91. The van der Waals surface area contributed by atoms with Gasteiger partial charge in [0.2, 0.25) is 5.91 Å². The summed E-state index contributed by atoms with van der Waals surface area (Å²) in [5.41, 5.74) is 2.64. The lowest BCUT2D eigenvalue weighted by Crippen LogP contribution is -2.45. The minimum atomic E-state index is -0.191. The molecule has 1 unspecified atom stereocenters. The molecule has 0 spiro atoms. The number of piperidine rings is 1. The Morgan fingerprint density at radius 3 is 2.62 bits per heavy atom. The Labute approximate surface area is 167 Å². The van der Waals surface area contributed by atoms with E-state index in [1.165, 1.54) is 0 Å². The number of hydrogen-bond donors (Lipinski definition) is 2. The molecule has 1 atom stereocenters. The number of nitrogens with one attached hydrogen (secondary N) is 2. The molecule has 2 aromatic carbocycles. The van der Waals surface area contributed by atoms with Gasteiger partial charge < -0.3 is 15.5 Å². The van der Waals surface area contributed by atoms with E-state index >= 15 is 0 Å². The third-order valence-corrected chi connectivity index (χ3v) is 5.22. The van der Waals surface area contributed by atoms with Crippen molar-refractivity contribution >= 4 is 45.9 Å². The van der Waals surface area contributed by atoms with Gasteiger partial charge in [-0.1, -0.05) is 18.2 Å². The third-order valence-electron chi connectivity index (χ3n) is 4.55. The fourth-order valence-electron chi connectivity index (χ4n) is 3.10. The maximum absolute atomic E-state index is 12.7. The van der Waals surface area contributed by atoms with Crippen LogP contribution in [-0.2, 0) is 4.79 Å². The highest BCUT2D eigenvalue weighted by molar-refractivity contribution is 14.1. The molecule has 26 heavy (non-hydrogen) atoms. The lowest BCUT2D eigenvalue weighted by atomic mass is 9.97. The fraction of sp³-hybridized carbons (Fsp3) is 0.300. The van der Waals surface area contributed by atoms with Crippen molar-refractivity contribution in [3.8, 4) is 0 Å². The van der Waals surface area contributed by atoms with Gasteiger partial charge in [0.05, 0.1) is 5.92 Å². The molecule has 2 aromatic rings. The van der Waals surface area contributed by atoms with Crippen molar-refractivity contribution in [3.05, 3.63) is 57.7 Å². The first-order valence-electron chi connectivity index (χ1n) is 8.71. The summed E-state index contributed by atoms with van der Waals surface area (Å²) in [5.74, 6) is -0.213. The van der Waals surface area contributed by atoms with Crippen LogP contribution in [0.5, 0.6) is 0 Å². The number of urea groups is 1. The van der Waals surface area contributed by atoms with Gasteiger partial charge in [0.15, 0.2) is 0 Å². The van der Waals surface area contributed by atoms with Crippen LogP contribution in [0.2, 0.25) is 0 Å². The summed E-state index contributed by atoms with van der Waals surface area (Å²) >= 11 is 2.25. The second-order valence-corrected chi connectivity index (χ2v) is 7.78. The Hall–Kier alpha value is -2.09. The van der Waals surface area contributed by atoms with Crippen LogP contribution >= 0.6 is 22.6 Å². The zero-order valence-corrected chi connectivity index (χ0v) is 16.8. The normalized spacial score (nSPS) is 16.8. The van der Waals surface area contributed by atoms with Gasteiger partial charge in [-0.25, -0.2) is 4.79 Å². The summed E-state index contributed by atoms with van der Waals surface area (Å²) in [6.45, 7) is 3.09. The van der Waals surface area contributed by atoms with Crippen molar-refractivity contribution in [3.63, 3.8) is 0 Å². The molecule has 5 nitrogen and oxygen atoms in total. The molecule has 0 aliphatic carbocycles. The topological polar surface area (TPSA) is 61.4 Å². The number of carbonyl (C=O) groups is 2. The van der Waals surface area contributed by atoms with E-state index in [-0.39, 0.29) is 17.9 Å². The average molecular weight is 463 g/mol. The highest BCUT2D eigenvalue weighted by Gasteiger charge is 2.28. The first-order chi connectivity index (χ1) is 12.5. The summed E-state index contributed by atoms with van der Waals surface area (Å²) in [4.78, 5) is 26.9. The number of amides is 3. The second kappa shape index (κ2) is 8.53. The Morgan fingerprint density at radius 1 is 1.12 bits per heavy atom. The lowest BCUT2D eigenvalue weighted by Gasteiger charge is -2.32. The van der Waals surface area contributed by atoms with Crippen LogP contribution in [0, 0.1) is 16.4 Å². The fourth-order valence-corrected chi connectivity index (χ4v) is 3.75. The second-order valence-electron chi connectivity index (χ2n) is 6.53. The van der Waals surface area contributed by atoms with Crippen LogP contribution in [-0.4, -0.2) is 29.9 Å². The molecule has 0 bridgehead atoms. The summed E-state index contributed by atoms with van der Waals surface area (Å²) in [6.07, 6.45) is 1.62. The Morgan fingerprint density at radius 2 is 1.88 bits per heavy atom. The molecule has 1 aliphatic rings. The number of likely N-dealkylation sites (tertiary alicyclic amines) is 1. The van der Waals surface area contributed by atoms with Gasteiger partial charge in [0.1, 0.15) is 0 Å². The average Bonchev–Trinajstić information content (AvgIpc) is 2.65. The minimum absolute atomic E-state index is 0.0217. The number of rotatable bonds is 3. The van der Waals surface area contributed by atoms with Gasteiger partial charge in [-0.2, -0.15) is 0 Å². The van der Waals surface area contributed by atoms with Crippen molar-refractivity contribution in [1.82, 2.24) is 4.90 Å². The number of aryl methyl sites for hydroxylation is 1. The molecule has 1 fully saturated rings. The van der Waals surface area contributed by atoms with Gasteiger partial charge >= 0.3 is 6.03 Å². The number of halogens is 1. The van der Waals surface area contributed by atoms with E-state index in [4.69, 9.17) is 0 Å². The molecule has 1 saturated heterocycles. The SMILES string of the molecule is Cc1cc(I)ccc1NC(=O)C1CCCN(C(=O)Nc2ccccc2)C1. The first kappa shape index (κ1) is 18.7. The first-order valence-corrected chi connectivity index (χ1v) is 9.79. The smallest absolute Gasteiger partial charge is 0.321 e. The van der Waals surface area contributed by atoms with Gasteiger partial charge in [-0.3, -0.25) is 4.79 Å².